The van der Waals surface area contributed by atoms with Crippen LogP contribution in [0.3, 0.4) is 0 Å². The second kappa shape index (κ2) is 6.97. The van der Waals surface area contributed by atoms with Gasteiger partial charge in [-0.15, -0.1) is 0 Å². The molecule has 0 spiro atoms. The number of ketones is 1. The summed E-state index contributed by atoms with van der Waals surface area (Å²) in [7, 11) is -2.99. The number of hydrogen-bond acceptors (Lipinski definition) is 6. The molecule has 0 bridgehead atoms. The van der Waals surface area contributed by atoms with Gasteiger partial charge in [0.2, 0.25) is 5.78 Å². The maximum Gasteiger partial charge on any atom is 0.231 e. The predicted octanol–water partition coefficient (Wildman–Crippen LogP) is 3.40. The van der Waals surface area contributed by atoms with E-state index in [-0.39, 0.29) is 29.1 Å². The van der Waals surface area contributed by atoms with Crippen molar-refractivity contribution in [2.24, 2.45) is 0 Å². The summed E-state index contributed by atoms with van der Waals surface area (Å²) in [5.74, 6) is 1.64. The summed E-state index contributed by atoms with van der Waals surface area (Å²) in [6.07, 6.45) is 2.33. The molecular formula is C21H18BrNO5S. The van der Waals surface area contributed by atoms with E-state index in [1.165, 1.54) is 0 Å². The number of nitrogens with zero attached hydrogens (tertiary/aromatic N) is 1. The van der Waals surface area contributed by atoms with E-state index in [4.69, 9.17) is 9.47 Å². The number of sulfone groups is 1. The van der Waals surface area contributed by atoms with Crippen molar-refractivity contribution < 1.29 is 22.7 Å². The molecule has 6 nitrogen and oxygen atoms in total. The van der Waals surface area contributed by atoms with E-state index in [0.717, 1.165) is 15.6 Å². The number of ether oxygens (including phenoxy) is 2. The molecule has 29 heavy (non-hydrogen) atoms. The number of fused-ring (bicyclic) bond motifs is 3. The first kappa shape index (κ1) is 18.8. The lowest BCUT2D eigenvalue weighted by Gasteiger charge is -2.33. The minimum absolute atomic E-state index is 0.0728. The summed E-state index contributed by atoms with van der Waals surface area (Å²) in [4.78, 5) is 14.9. The Labute approximate surface area is 177 Å². The average Bonchev–Trinajstić information content (AvgIpc) is 3.23. The highest BCUT2D eigenvalue weighted by Crippen LogP contribution is 2.43. The Balaban J connectivity index is 1.47. The minimum atomic E-state index is -2.99. The normalized spacial score (nSPS) is 24.1. The van der Waals surface area contributed by atoms with Crippen molar-refractivity contribution in [2.75, 3.05) is 18.2 Å². The van der Waals surface area contributed by atoms with Crippen LogP contribution in [-0.4, -0.2) is 43.4 Å². The van der Waals surface area contributed by atoms with Gasteiger partial charge in [0.15, 0.2) is 15.6 Å². The minimum Gasteiger partial charge on any atom is -0.478 e. The van der Waals surface area contributed by atoms with Crippen molar-refractivity contribution in [3.05, 3.63) is 63.3 Å². The third kappa shape index (κ3) is 3.39. The van der Waals surface area contributed by atoms with Crippen LogP contribution in [0.25, 0.3) is 6.08 Å². The molecule has 3 heterocycles. The first-order valence-corrected chi connectivity index (χ1v) is 11.9. The zero-order valence-electron chi connectivity index (χ0n) is 15.4. The van der Waals surface area contributed by atoms with Crippen LogP contribution in [0.4, 0.5) is 0 Å². The highest BCUT2D eigenvalue weighted by molar-refractivity contribution is 9.10. The van der Waals surface area contributed by atoms with Crippen LogP contribution in [-0.2, 0) is 16.4 Å². The Morgan fingerprint density at radius 3 is 2.76 bits per heavy atom. The van der Waals surface area contributed by atoms with E-state index >= 15 is 0 Å². The molecular weight excluding hydrogens is 458 g/mol. The van der Waals surface area contributed by atoms with Crippen molar-refractivity contribution in [1.82, 2.24) is 4.90 Å². The average molecular weight is 476 g/mol. The largest absolute Gasteiger partial charge is 0.478 e. The van der Waals surface area contributed by atoms with Crippen molar-refractivity contribution in [2.45, 2.75) is 19.0 Å². The van der Waals surface area contributed by atoms with Gasteiger partial charge in [0.25, 0.3) is 0 Å². The van der Waals surface area contributed by atoms with E-state index in [2.05, 4.69) is 15.9 Å². The standard InChI is InChI=1S/C21H18BrNO5S/c22-17-4-2-1-3-13(17)9-19-20(24)15-5-6-18-16(21(15)28-19)10-23(12-27-18)14-7-8-29(25,26)11-14/h1-6,9,14H,7-8,10-12H2/b19-9+. The third-order valence-electron chi connectivity index (χ3n) is 5.56. The number of Topliss-reactive ketones (excluding diaryl/α,β-unsaturated/α-hetero) is 1. The fraction of sp³-hybridized carbons (Fsp3) is 0.286. The van der Waals surface area contributed by atoms with Crippen molar-refractivity contribution in [3.8, 4) is 11.5 Å². The monoisotopic (exact) mass is 475 g/mol. The third-order valence-corrected chi connectivity index (χ3v) is 8.03. The van der Waals surface area contributed by atoms with Crippen LogP contribution in [0.1, 0.15) is 27.9 Å². The zero-order valence-corrected chi connectivity index (χ0v) is 17.8. The SMILES string of the molecule is O=C1/C(=C\c2ccccc2Br)Oc2c1ccc1c2CN(C2CCS(=O)(=O)C2)CO1. The molecule has 0 aromatic heterocycles. The highest BCUT2D eigenvalue weighted by Gasteiger charge is 2.38. The number of hydrogen-bond donors (Lipinski definition) is 0. The summed E-state index contributed by atoms with van der Waals surface area (Å²) in [6.45, 7) is 0.827. The maximum absolute atomic E-state index is 12.9. The van der Waals surface area contributed by atoms with E-state index < -0.39 is 9.84 Å². The smallest absolute Gasteiger partial charge is 0.231 e. The number of carbonyl (C=O) groups excluding carboxylic acids is 1. The molecule has 0 amide bonds. The number of halogens is 1. The van der Waals surface area contributed by atoms with E-state index in [1.807, 2.05) is 29.2 Å². The molecule has 1 saturated heterocycles. The summed E-state index contributed by atoms with van der Waals surface area (Å²) in [5, 5.41) is 0. The Kier molecular flexibility index (Phi) is 4.53. The van der Waals surface area contributed by atoms with Gasteiger partial charge in [-0.1, -0.05) is 34.1 Å². The molecule has 0 saturated carbocycles. The van der Waals surface area contributed by atoms with Gasteiger partial charge in [0.05, 0.1) is 22.6 Å². The van der Waals surface area contributed by atoms with Crippen molar-refractivity contribution >= 4 is 37.6 Å². The second-order valence-electron chi connectivity index (χ2n) is 7.46. The number of benzene rings is 2. The Morgan fingerprint density at radius 1 is 1.17 bits per heavy atom. The molecule has 1 atom stereocenters. The molecule has 8 heteroatoms. The molecule has 150 valence electrons. The van der Waals surface area contributed by atoms with Crippen LogP contribution in [0.15, 0.2) is 46.6 Å². The molecule has 0 N–H and O–H groups in total. The Hall–Kier alpha value is -2.16. The molecule has 3 aliphatic heterocycles. The van der Waals surface area contributed by atoms with Gasteiger partial charge in [0, 0.05) is 17.1 Å². The van der Waals surface area contributed by atoms with Gasteiger partial charge >= 0.3 is 0 Å². The lowest BCUT2D eigenvalue weighted by atomic mass is 10.0. The van der Waals surface area contributed by atoms with Gasteiger partial charge in [-0.05, 0) is 36.3 Å². The van der Waals surface area contributed by atoms with Crippen molar-refractivity contribution in [3.63, 3.8) is 0 Å². The predicted molar refractivity (Wildman–Crippen MR) is 112 cm³/mol. The Morgan fingerprint density at radius 2 is 2.00 bits per heavy atom. The summed E-state index contributed by atoms with van der Waals surface area (Å²) >= 11 is 3.49. The number of rotatable bonds is 2. The number of carbonyl (C=O) groups is 1. The fourth-order valence-electron chi connectivity index (χ4n) is 4.01. The van der Waals surface area contributed by atoms with Gasteiger partial charge in [-0.3, -0.25) is 9.69 Å². The molecule has 2 aromatic rings. The van der Waals surface area contributed by atoms with Crippen LogP contribution >= 0.6 is 15.9 Å². The molecule has 0 radical (unpaired) electrons. The lowest BCUT2D eigenvalue weighted by molar-refractivity contribution is 0.0634. The van der Waals surface area contributed by atoms with Crippen LogP contribution in [0.5, 0.6) is 11.5 Å². The molecule has 3 aliphatic rings. The van der Waals surface area contributed by atoms with Crippen LogP contribution < -0.4 is 9.47 Å². The summed E-state index contributed by atoms with van der Waals surface area (Å²) in [6, 6.07) is 11.1. The summed E-state index contributed by atoms with van der Waals surface area (Å²) in [5.41, 5.74) is 2.15. The molecule has 0 aliphatic carbocycles. The number of allylic oxidation sites excluding steroid dienone is 1. The van der Waals surface area contributed by atoms with Crippen LogP contribution in [0.2, 0.25) is 0 Å². The zero-order chi connectivity index (χ0) is 20.2. The van der Waals surface area contributed by atoms with Crippen LogP contribution in [0, 0.1) is 0 Å². The van der Waals surface area contributed by atoms with E-state index in [1.54, 1.807) is 18.2 Å². The maximum atomic E-state index is 12.9. The first-order chi connectivity index (χ1) is 13.9. The van der Waals surface area contributed by atoms with Gasteiger partial charge < -0.3 is 9.47 Å². The van der Waals surface area contributed by atoms with E-state index in [9.17, 15) is 13.2 Å². The van der Waals surface area contributed by atoms with Crippen molar-refractivity contribution in [1.29, 1.82) is 0 Å². The molecule has 1 unspecified atom stereocenters. The first-order valence-electron chi connectivity index (χ1n) is 9.33. The molecule has 1 fully saturated rings. The van der Waals surface area contributed by atoms with Gasteiger partial charge in [-0.2, -0.15) is 0 Å². The molecule has 2 aromatic carbocycles. The second-order valence-corrected chi connectivity index (χ2v) is 10.5. The fourth-order valence-corrected chi connectivity index (χ4v) is 6.17. The topological polar surface area (TPSA) is 72.9 Å². The quantitative estimate of drug-likeness (QED) is 0.619. The molecule has 5 rings (SSSR count). The summed E-state index contributed by atoms with van der Waals surface area (Å²) < 4.78 is 36.4. The lowest BCUT2D eigenvalue weighted by Crippen LogP contribution is -2.41. The van der Waals surface area contributed by atoms with Gasteiger partial charge in [0.1, 0.15) is 18.2 Å². The Bertz CT molecular complexity index is 1160. The highest BCUT2D eigenvalue weighted by atomic mass is 79.9. The van der Waals surface area contributed by atoms with E-state index in [0.29, 0.717) is 36.8 Å². The van der Waals surface area contributed by atoms with Gasteiger partial charge in [-0.25, -0.2) is 8.42 Å².